The first-order valence-electron chi connectivity index (χ1n) is 6.77. The van der Waals surface area contributed by atoms with Crippen molar-refractivity contribution in [1.29, 1.82) is 10.5 Å². The fourth-order valence-electron chi connectivity index (χ4n) is 2.32. The van der Waals surface area contributed by atoms with Crippen LogP contribution >= 0.6 is 0 Å². The van der Waals surface area contributed by atoms with E-state index in [0.717, 1.165) is 30.9 Å². The lowest BCUT2D eigenvalue weighted by Gasteiger charge is -2.27. The van der Waals surface area contributed by atoms with E-state index in [4.69, 9.17) is 10.5 Å². The van der Waals surface area contributed by atoms with Crippen molar-refractivity contribution in [3.63, 3.8) is 0 Å². The second-order valence-corrected chi connectivity index (χ2v) is 4.79. The Labute approximate surface area is 119 Å². The van der Waals surface area contributed by atoms with Gasteiger partial charge in [-0.1, -0.05) is 24.6 Å². The molecule has 0 unspecified atom stereocenters. The molecule has 2 rings (SSSR count). The Morgan fingerprint density at radius 1 is 1.15 bits per heavy atom. The number of benzene rings is 1. The van der Waals surface area contributed by atoms with Crippen molar-refractivity contribution >= 4 is 11.4 Å². The van der Waals surface area contributed by atoms with Gasteiger partial charge in [0.05, 0.1) is 5.69 Å². The summed E-state index contributed by atoms with van der Waals surface area (Å²) in [5.74, 6) is 0. The molecule has 5 heteroatoms. The van der Waals surface area contributed by atoms with Crippen molar-refractivity contribution in [3.05, 3.63) is 29.8 Å². The standard InChI is InChI=1S/C15H17N5/c16-10-14(11-17)18-19-15-7-3-2-6-13(15)12-20-8-4-1-5-9-20/h2-3,6-7,19H,1,4-5,8-9,12H2. The van der Waals surface area contributed by atoms with E-state index in [1.54, 1.807) is 12.1 Å². The smallest absolute Gasteiger partial charge is 0.237 e. The van der Waals surface area contributed by atoms with Crippen molar-refractivity contribution in [3.8, 4) is 12.1 Å². The quantitative estimate of drug-likeness (QED) is 0.671. The van der Waals surface area contributed by atoms with Crippen LogP contribution < -0.4 is 5.43 Å². The third kappa shape index (κ3) is 3.81. The van der Waals surface area contributed by atoms with Crippen LogP contribution in [0.3, 0.4) is 0 Å². The predicted molar refractivity (Wildman–Crippen MR) is 77.9 cm³/mol. The highest BCUT2D eigenvalue weighted by atomic mass is 15.3. The van der Waals surface area contributed by atoms with E-state index in [2.05, 4.69) is 15.4 Å². The molecule has 0 saturated carbocycles. The maximum Gasteiger partial charge on any atom is 0.237 e. The molecule has 0 aromatic heterocycles. The molecule has 1 fully saturated rings. The topological polar surface area (TPSA) is 75.2 Å². The summed E-state index contributed by atoms with van der Waals surface area (Å²) in [7, 11) is 0. The number of hydrazone groups is 1. The van der Waals surface area contributed by atoms with Crippen molar-refractivity contribution in [2.24, 2.45) is 5.10 Å². The van der Waals surface area contributed by atoms with E-state index in [1.807, 2.05) is 24.3 Å². The SMILES string of the molecule is N#CC(C#N)=NNc1ccccc1CN1CCCCC1. The summed E-state index contributed by atoms with van der Waals surface area (Å²) in [6.07, 6.45) is 3.82. The fraction of sp³-hybridized carbons (Fsp3) is 0.400. The molecule has 1 aromatic carbocycles. The molecule has 1 N–H and O–H groups in total. The first kappa shape index (κ1) is 14.0. The molecule has 102 valence electrons. The average molecular weight is 267 g/mol. The summed E-state index contributed by atoms with van der Waals surface area (Å²) in [5, 5.41) is 21.2. The highest BCUT2D eigenvalue weighted by Crippen LogP contribution is 2.19. The van der Waals surface area contributed by atoms with Gasteiger partial charge in [-0.05, 0) is 37.6 Å². The van der Waals surface area contributed by atoms with Gasteiger partial charge in [0.25, 0.3) is 0 Å². The number of nitrogens with zero attached hydrogens (tertiary/aromatic N) is 4. The minimum absolute atomic E-state index is 0.169. The van der Waals surface area contributed by atoms with Crippen molar-refractivity contribution in [2.45, 2.75) is 25.8 Å². The first-order chi connectivity index (χ1) is 9.83. The van der Waals surface area contributed by atoms with E-state index in [1.165, 1.54) is 19.3 Å². The highest BCUT2D eigenvalue weighted by Gasteiger charge is 2.12. The number of para-hydroxylation sites is 1. The summed E-state index contributed by atoms with van der Waals surface area (Å²) in [6.45, 7) is 3.12. The van der Waals surface area contributed by atoms with Crippen LogP contribution in [0.5, 0.6) is 0 Å². The molecule has 1 heterocycles. The minimum Gasteiger partial charge on any atom is -0.299 e. The van der Waals surface area contributed by atoms with Gasteiger partial charge in [-0.15, -0.1) is 0 Å². The predicted octanol–water partition coefficient (Wildman–Crippen LogP) is 2.49. The Balaban J connectivity index is 2.08. The third-order valence-corrected chi connectivity index (χ3v) is 3.36. The van der Waals surface area contributed by atoms with Crippen LogP contribution in [0.4, 0.5) is 5.69 Å². The number of hydrogen-bond acceptors (Lipinski definition) is 5. The summed E-state index contributed by atoms with van der Waals surface area (Å²) in [5.41, 5.74) is 4.63. The zero-order chi connectivity index (χ0) is 14.2. The Morgan fingerprint density at radius 3 is 2.55 bits per heavy atom. The molecule has 0 bridgehead atoms. The van der Waals surface area contributed by atoms with Gasteiger partial charge in [0, 0.05) is 6.54 Å². The minimum atomic E-state index is -0.169. The van der Waals surface area contributed by atoms with Crippen LogP contribution in [0.1, 0.15) is 24.8 Å². The number of rotatable bonds is 4. The second-order valence-electron chi connectivity index (χ2n) is 4.79. The van der Waals surface area contributed by atoms with Crippen LogP contribution in [-0.4, -0.2) is 23.7 Å². The molecule has 1 aliphatic heterocycles. The van der Waals surface area contributed by atoms with E-state index < -0.39 is 0 Å². The molecule has 1 aliphatic rings. The molecular formula is C15H17N5. The van der Waals surface area contributed by atoms with Gasteiger partial charge in [-0.25, -0.2) is 0 Å². The van der Waals surface area contributed by atoms with E-state index in [9.17, 15) is 0 Å². The zero-order valence-electron chi connectivity index (χ0n) is 11.3. The fourth-order valence-corrected chi connectivity index (χ4v) is 2.32. The molecule has 0 atom stereocenters. The highest BCUT2D eigenvalue weighted by molar-refractivity contribution is 6.10. The molecule has 5 nitrogen and oxygen atoms in total. The molecule has 1 aromatic rings. The number of anilines is 1. The van der Waals surface area contributed by atoms with Crippen LogP contribution in [0.2, 0.25) is 0 Å². The molecule has 0 amide bonds. The molecule has 0 radical (unpaired) electrons. The van der Waals surface area contributed by atoms with E-state index in [-0.39, 0.29) is 5.71 Å². The Morgan fingerprint density at radius 2 is 1.85 bits per heavy atom. The van der Waals surface area contributed by atoms with Crippen molar-refractivity contribution in [1.82, 2.24) is 4.90 Å². The molecule has 20 heavy (non-hydrogen) atoms. The molecular weight excluding hydrogens is 250 g/mol. The summed E-state index contributed by atoms with van der Waals surface area (Å²) >= 11 is 0. The molecule has 1 saturated heterocycles. The van der Waals surface area contributed by atoms with Gasteiger partial charge in [0.1, 0.15) is 12.1 Å². The van der Waals surface area contributed by atoms with Gasteiger partial charge >= 0.3 is 0 Å². The van der Waals surface area contributed by atoms with Crippen LogP contribution in [0.25, 0.3) is 0 Å². The van der Waals surface area contributed by atoms with Gasteiger partial charge < -0.3 is 0 Å². The average Bonchev–Trinajstić information content (AvgIpc) is 2.51. The number of likely N-dealkylation sites (tertiary alicyclic amines) is 1. The Kier molecular flexibility index (Phi) is 5.11. The summed E-state index contributed by atoms with van der Waals surface area (Å²) in [6, 6.07) is 11.3. The van der Waals surface area contributed by atoms with Gasteiger partial charge in [-0.2, -0.15) is 15.6 Å². The van der Waals surface area contributed by atoms with Crippen LogP contribution in [0.15, 0.2) is 29.4 Å². The largest absolute Gasteiger partial charge is 0.299 e. The summed E-state index contributed by atoms with van der Waals surface area (Å²) < 4.78 is 0. The number of nitrogens with one attached hydrogen (secondary N) is 1. The van der Waals surface area contributed by atoms with E-state index in [0.29, 0.717) is 0 Å². The lowest BCUT2D eigenvalue weighted by molar-refractivity contribution is 0.221. The van der Waals surface area contributed by atoms with Gasteiger partial charge in [0.2, 0.25) is 5.71 Å². The first-order valence-corrected chi connectivity index (χ1v) is 6.77. The van der Waals surface area contributed by atoms with Gasteiger partial charge in [-0.3, -0.25) is 10.3 Å². The third-order valence-electron chi connectivity index (χ3n) is 3.36. The molecule has 0 aliphatic carbocycles. The van der Waals surface area contributed by atoms with Gasteiger partial charge in [0.15, 0.2) is 0 Å². The van der Waals surface area contributed by atoms with Crippen LogP contribution in [-0.2, 0) is 6.54 Å². The number of piperidine rings is 1. The Bertz CT molecular complexity index is 542. The maximum absolute atomic E-state index is 8.68. The normalized spacial score (nSPS) is 14.9. The van der Waals surface area contributed by atoms with Crippen molar-refractivity contribution < 1.29 is 0 Å². The lowest BCUT2D eigenvalue weighted by atomic mass is 10.1. The maximum atomic E-state index is 8.68. The zero-order valence-corrected chi connectivity index (χ0v) is 11.3. The van der Waals surface area contributed by atoms with Crippen molar-refractivity contribution in [2.75, 3.05) is 18.5 Å². The number of nitriles is 2. The second kappa shape index (κ2) is 7.28. The van der Waals surface area contributed by atoms with E-state index >= 15 is 0 Å². The van der Waals surface area contributed by atoms with Crippen LogP contribution in [0, 0.1) is 22.7 Å². The Hall–Kier alpha value is -2.37. The number of hydrogen-bond donors (Lipinski definition) is 1. The monoisotopic (exact) mass is 267 g/mol. The molecule has 0 spiro atoms. The summed E-state index contributed by atoms with van der Waals surface area (Å²) in [4.78, 5) is 2.42. The lowest BCUT2D eigenvalue weighted by Crippen LogP contribution is -2.29.